The summed E-state index contributed by atoms with van der Waals surface area (Å²) in [6.07, 6.45) is 3.51. The smallest absolute Gasteiger partial charge is 0.165 e. The van der Waals surface area contributed by atoms with Crippen molar-refractivity contribution in [1.29, 1.82) is 0 Å². The van der Waals surface area contributed by atoms with Crippen LogP contribution in [0, 0.1) is 11.7 Å². The molecule has 0 atom stereocenters. The van der Waals surface area contributed by atoms with Crippen LogP contribution in [0.25, 0.3) is 0 Å². The van der Waals surface area contributed by atoms with Gasteiger partial charge in [-0.1, -0.05) is 19.9 Å². The predicted molar refractivity (Wildman–Crippen MR) is 82.0 cm³/mol. The number of halogens is 1. The zero-order valence-electron chi connectivity index (χ0n) is 13.0. The van der Waals surface area contributed by atoms with E-state index in [1.165, 1.54) is 12.8 Å². The van der Waals surface area contributed by atoms with Gasteiger partial charge in [-0.15, -0.1) is 0 Å². The van der Waals surface area contributed by atoms with Gasteiger partial charge in [-0.25, -0.2) is 4.39 Å². The summed E-state index contributed by atoms with van der Waals surface area (Å²) in [6.45, 7) is 6.66. The molecule has 1 aromatic rings. The SMILES string of the molecule is CC(C)CCOCCOc1ccc(CNC2CC2)cc1F. The van der Waals surface area contributed by atoms with E-state index in [1.54, 1.807) is 12.1 Å². The van der Waals surface area contributed by atoms with E-state index in [0.29, 0.717) is 30.9 Å². The average Bonchev–Trinajstić information content (AvgIpc) is 3.26. The first-order valence-corrected chi connectivity index (χ1v) is 7.87. The van der Waals surface area contributed by atoms with Gasteiger partial charge in [-0.05, 0) is 42.9 Å². The highest BCUT2D eigenvalue weighted by molar-refractivity contribution is 5.29. The van der Waals surface area contributed by atoms with Crippen molar-refractivity contribution in [3.63, 3.8) is 0 Å². The minimum Gasteiger partial charge on any atom is -0.488 e. The second-order valence-electron chi connectivity index (χ2n) is 6.06. The fourth-order valence-electron chi connectivity index (χ4n) is 1.95. The number of rotatable bonds is 10. The molecular weight excluding hydrogens is 269 g/mol. The highest BCUT2D eigenvalue weighted by atomic mass is 19.1. The monoisotopic (exact) mass is 295 g/mol. The maximum absolute atomic E-state index is 13.9. The van der Waals surface area contributed by atoms with Crippen LogP contribution in [0.5, 0.6) is 5.75 Å². The number of benzene rings is 1. The molecule has 1 N–H and O–H groups in total. The molecule has 1 fully saturated rings. The molecule has 0 spiro atoms. The zero-order valence-corrected chi connectivity index (χ0v) is 13.0. The fraction of sp³-hybridized carbons (Fsp3) is 0.647. The first-order valence-electron chi connectivity index (χ1n) is 7.87. The Morgan fingerprint density at radius 3 is 2.71 bits per heavy atom. The lowest BCUT2D eigenvalue weighted by molar-refractivity contribution is 0.0913. The van der Waals surface area contributed by atoms with Crippen molar-refractivity contribution in [3.05, 3.63) is 29.6 Å². The van der Waals surface area contributed by atoms with Gasteiger partial charge in [-0.2, -0.15) is 0 Å². The van der Waals surface area contributed by atoms with Crippen LogP contribution in [0.1, 0.15) is 38.7 Å². The fourth-order valence-corrected chi connectivity index (χ4v) is 1.95. The van der Waals surface area contributed by atoms with Crippen molar-refractivity contribution in [2.45, 2.75) is 45.7 Å². The normalized spacial score (nSPS) is 14.7. The van der Waals surface area contributed by atoms with E-state index >= 15 is 0 Å². The van der Waals surface area contributed by atoms with Crippen LogP contribution in [0.2, 0.25) is 0 Å². The van der Waals surface area contributed by atoms with Crippen LogP contribution >= 0.6 is 0 Å². The maximum atomic E-state index is 13.9. The molecule has 1 saturated carbocycles. The summed E-state index contributed by atoms with van der Waals surface area (Å²) in [6, 6.07) is 5.79. The highest BCUT2D eigenvalue weighted by Crippen LogP contribution is 2.21. The molecule has 0 heterocycles. The Morgan fingerprint density at radius 1 is 1.24 bits per heavy atom. The van der Waals surface area contributed by atoms with Gasteiger partial charge in [0, 0.05) is 19.2 Å². The molecule has 0 aromatic heterocycles. The number of ether oxygens (including phenoxy) is 2. The van der Waals surface area contributed by atoms with Crippen molar-refractivity contribution < 1.29 is 13.9 Å². The van der Waals surface area contributed by atoms with Crippen LogP contribution < -0.4 is 10.1 Å². The molecule has 1 aliphatic carbocycles. The lowest BCUT2D eigenvalue weighted by atomic mass is 10.1. The summed E-state index contributed by atoms with van der Waals surface area (Å²) < 4.78 is 24.7. The van der Waals surface area contributed by atoms with Gasteiger partial charge < -0.3 is 14.8 Å². The van der Waals surface area contributed by atoms with Gasteiger partial charge in [0.2, 0.25) is 0 Å². The van der Waals surface area contributed by atoms with E-state index in [4.69, 9.17) is 9.47 Å². The zero-order chi connectivity index (χ0) is 15.1. The Hall–Kier alpha value is -1.13. The standard InChI is InChI=1S/C17H26FNO2/c1-13(2)7-8-20-9-10-21-17-6-3-14(11-16(17)18)12-19-15-4-5-15/h3,6,11,13,15,19H,4-5,7-10,12H2,1-2H3. The quantitative estimate of drug-likeness (QED) is 0.670. The summed E-state index contributed by atoms with van der Waals surface area (Å²) >= 11 is 0. The molecule has 0 saturated heterocycles. The van der Waals surface area contributed by atoms with Crippen molar-refractivity contribution in [2.75, 3.05) is 19.8 Å². The van der Waals surface area contributed by atoms with Crippen LogP contribution in [-0.2, 0) is 11.3 Å². The molecular formula is C17H26FNO2. The van der Waals surface area contributed by atoms with E-state index < -0.39 is 0 Å². The van der Waals surface area contributed by atoms with E-state index in [1.807, 2.05) is 6.07 Å². The first kappa shape index (κ1) is 16.2. The topological polar surface area (TPSA) is 30.5 Å². The average molecular weight is 295 g/mol. The second kappa shape index (κ2) is 8.35. The number of hydrogen-bond acceptors (Lipinski definition) is 3. The molecule has 0 radical (unpaired) electrons. The molecule has 21 heavy (non-hydrogen) atoms. The Morgan fingerprint density at radius 2 is 2.05 bits per heavy atom. The lowest BCUT2D eigenvalue weighted by Crippen LogP contribution is -2.15. The minimum atomic E-state index is -0.299. The van der Waals surface area contributed by atoms with Crippen molar-refractivity contribution in [2.24, 2.45) is 5.92 Å². The first-order chi connectivity index (χ1) is 10.1. The highest BCUT2D eigenvalue weighted by Gasteiger charge is 2.20. The molecule has 0 unspecified atom stereocenters. The summed E-state index contributed by atoms with van der Waals surface area (Å²) in [5.74, 6) is 0.644. The van der Waals surface area contributed by atoms with Gasteiger partial charge in [0.15, 0.2) is 11.6 Å². The van der Waals surface area contributed by atoms with Crippen molar-refractivity contribution >= 4 is 0 Å². The van der Waals surface area contributed by atoms with Gasteiger partial charge >= 0.3 is 0 Å². The summed E-state index contributed by atoms with van der Waals surface area (Å²) in [5.41, 5.74) is 0.958. The number of nitrogens with one attached hydrogen (secondary N) is 1. The molecule has 1 aliphatic rings. The predicted octanol–water partition coefficient (Wildman–Crippen LogP) is 3.52. The van der Waals surface area contributed by atoms with Crippen LogP contribution in [0.4, 0.5) is 4.39 Å². The molecule has 2 rings (SSSR count). The third-order valence-corrected chi connectivity index (χ3v) is 3.49. The Kier molecular flexibility index (Phi) is 6.46. The van der Waals surface area contributed by atoms with Crippen LogP contribution in [0.15, 0.2) is 18.2 Å². The molecule has 1 aromatic carbocycles. The summed E-state index contributed by atoms with van der Waals surface area (Å²) in [4.78, 5) is 0. The Balaban J connectivity index is 1.65. The van der Waals surface area contributed by atoms with Crippen molar-refractivity contribution in [1.82, 2.24) is 5.32 Å². The third-order valence-electron chi connectivity index (χ3n) is 3.49. The molecule has 0 amide bonds. The van der Waals surface area contributed by atoms with E-state index in [-0.39, 0.29) is 5.82 Å². The van der Waals surface area contributed by atoms with Gasteiger partial charge in [0.05, 0.1) is 6.61 Å². The largest absolute Gasteiger partial charge is 0.488 e. The number of hydrogen-bond donors (Lipinski definition) is 1. The van der Waals surface area contributed by atoms with E-state index in [9.17, 15) is 4.39 Å². The maximum Gasteiger partial charge on any atom is 0.165 e. The Labute approximate surface area is 126 Å². The molecule has 0 aliphatic heterocycles. The summed E-state index contributed by atoms with van der Waals surface area (Å²) in [7, 11) is 0. The van der Waals surface area contributed by atoms with Gasteiger partial charge in [-0.3, -0.25) is 0 Å². The molecule has 0 bridgehead atoms. The van der Waals surface area contributed by atoms with Gasteiger partial charge in [0.25, 0.3) is 0 Å². The van der Waals surface area contributed by atoms with Crippen LogP contribution in [-0.4, -0.2) is 25.9 Å². The molecule has 118 valence electrons. The molecule has 4 heteroatoms. The second-order valence-corrected chi connectivity index (χ2v) is 6.06. The lowest BCUT2D eigenvalue weighted by Gasteiger charge is -2.10. The van der Waals surface area contributed by atoms with E-state index in [2.05, 4.69) is 19.2 Å². The van der Waals surface area contributed by atoms with Crippen molar-refractivity contribution in [3.8, 4) is 5.75 Å². The summed E-state index contributed by atoms with van der Waals surface area (Å²) in [5, 5.41) is 3.37. The molecule has 3 nitrogen and oxygen atoms in total. The van der Waals surface area contributed by atoms with Crippen LogP contribution in [0.3, 0.4) is 0 Å². The minimum absolute atomic E-state index is 0.299. The van der Waals surface area contributed by atoms with Gasteiger partial charge in [0.1, 0.15) is 6.61 Å². The third kappa shape index (κ3) is 6.44. The Bertz CT molecular complexity index is 433. The van der Waals surface area contributed by atoms with E-state index in [0.717, 1.165) is 25.1 Å².